The second-order valence-corrected chi connectivity index (χ2v) is 5.16. The Labute approximate surface area is 128 Å². The second kappa shape index (κ2) is 6.36. The summed E-state index contributed by atoms with van der Waals surface area (Å²) in [7, 11) is 0. The summed E-state index contributed by atoms with van der Waals surface area (Å²) in [5, 5.41) is 0. The molecule has 7 heteroatoms. The van der Waals surface area contributed by atoms with Gasteiger partial charge in [0.1, 0.15) is 0 Å². The van der Waals surface area contributed by atoms with Gasteiger partial charge in [0, 0.05) is 22.3 Å². The topological polar surface area (TPSA) is 102 Å². The Hall–Kier alpha value is -2.41. The molecule has 0 unspecified atom stereocenters. The van der Waals surface area contributed by atoms with Crippen LogP contribution in [0.2, 0.25) is 0 Å². The van der Waals surface area contributed by atoms with Gasteiger partial charge in [-0.25, -0.2) is 9.78 Å². The van der Waals surface area contributed by atoms with Crippen molar-refractivity contribution in [2.75, 3.05) is 0 Å². The molecule has 1 amide bonds. The fourth-order valence-corrected chi connectivity index (χ4v) is 1.92. The van der Waals surface area contributed by atoms with E-state index in [1.54, 1.807) is 24.4 Å². The molecule has 3 rings (SSSR count). The van der Waals surface area contributed by atoms with E-state index in [1.807, 2.05) is 19.1 Å². The molecule has 0 atom stereocenters. The summed E-state index contributed by atoms with van der Waals surface area (Å²) < 4.78 is 5.53. The molecule has 0 saturated heterocycles. The lowest BCUT2D eigenvalue weighted by Crippen LogP contribution is -2.10. The van der Waals surface area contributed by atoms with Crippen molar-refractivity contribution in [2.24, 2.45) is 5.73 Å². The average Bonchev–Trinajstić information content (AvgIpc) is 2.78. The van der Waals surface area contributed by atoms with Crippen LogP contribution in [0.4, 0.5) is 0 Å². The van der Waals surface area contributed by atoms with Gasteiger partial charge >= 0.3 is 5.76 Å². The van der Waals surface area contributed by atoms with Crippen molar-refractivity contribution in [3.63, 3.8) is 0 Å². The zero-order valence-corrected chi connectivity index (χ0v) is 12.7. The molecule has 3 N–H and O–H groups in total. The van der Waals surface area contributed by atoms with E-state index in [9.17, 15) is 9.59 Å². The van der Waals surface area contributed by atoms with E-state index in [0.717, 1.165) is 10.0 Å². The maximum Gasteiger partial charge on any atom is 0.418 e. The minimum Gasteiger partial charge on any atom is -0.406 e. The van der Waals surface area contributed by atoms with E-state index in [1.165, 1.54) is 0 Å². The van der Waals surface area contributed by atoms with Crippen LogP contribution in [-0.2, 0) is 0 Å². The van der Waals surface area contributed by atoms with Crippen LogP contribution in [0, 0.1) is 6.92 Å². The lowest BCUT2D eigenvalue weighted by atomic mass is 10.1. The average molecular weight is 350 g/mol. The number of primary amides is 1. The maximum atomic E-state index is 10.6. The van der Waals surface area contributed by atoms with Crippen molar-refractivity contribution in [1.29, 1.82) is 0 Å². The molecule has 0 fully saturated rings. The first-order valence-electron chi connectivity index (χ1n) is 5.96. The van der Waals surface area contributed by atoms with Gasteiger partial charge in [0.05, 0.1) is 0 Å². The number of hydrogen-bond donors (Lipinski definition) is 2. The summed E-state index contributed by atoms with van der Waals surface area (Å²) in [6.07, 6.45) is 1.59. The van der Waals surface area contributed by atoms with Gasteiger partial charge in [-0.3, -0.25) is 9.78 Å². The number of carbonyl (C=O) groups excluding carboxylic acids is 1. The van der Waals surface area contributed by atoms with Gasteiger partial charge in [0.25, 0.3) is 0 Å². The van der Waals surface area contributed by atoms with Gasteiger partial charge in [0.15, 0.2) is 11.2 Å². The lowest BCUT2D eigenvalue weighted by molar-refractivity contribution is 0.1000. The highest BCUT2D eigenvalue weighted by molar-refractivity contribution is 9.10. The van der Waals surface area contributed by atoms with Gasteiger partial charge in [-0.2, -0.15) is 0 Å². The smallest absolute Gasteiger partial charge is 0.406 e. The standard InChI is InChI=1S/C8H9NO.C6H3BrN2O2/c1-6-3-2-4-7(5-6)8(9)10;7-3-1-4-5(8-2-3)9-6(10)11-4/h2-5H,1H3,(H2,9,10);1-2H,(H,8,9,10). The van der Waals surface area contributed by atoms with Gasteiger partial charge in [-0.15, -0.1) is 0 Å². The van der Waals surface area contributed by atoms with Gasteiger partial charge in [-0.1, -0.05) is 17.7 Å². The summed E-state index contributed by atoms with van der Waals surface area (Å²) in [5.74, 6) is -0.852. The van der Waals surface area contributed by atoms with Crippen molar-refractivity contribution < 1.29 is 9.21 Å². The number of rotatable bonds is 1. The molecule has 108 valence electrons. The Morgan fingerprint density at radius 2 is 2.14 bits per heavy atom. The fourth-order valence-electron chi connectivity index (χ4n) is 1.61. The largest absolute Gasteiger partial charge is 0.418 e. The number of nitrogens with zero attached hydrogens (tertiary/aromatic N) is 1. The minimum atomic E-state index is -0.481. The predicted octanol–water partition coefficient (Wildman–Crippen LogP) is 2.37. The number of nitrogens with one attached hydrogen (secondary N) is 1. The molecule has 0 aliphatic heterocycles. The van der Waals surface area contributed by atoms with E-state index in [0.29, 0.717) is 16.8 Å². The molecule has 2 aromatic heterocycles. The number of halogens is 1. The molecule has 3 aromatic rings. The zero-order valence-electron chi connectivity index (χ0n) is 11.1. The number of hydrogen-bond acceptors (Lipinski definition) is 4. The normalized spacial score (nSPS) is 10.0. The Morgan fingerprint density at radius 1 is 1.38 bits per heavy atom. The first kappa shape index (κ1) is 15.0. The monoisotopic (exact) mass is 349 g/mol. The maximum absolute atomic E-state index is 10.6. The molecule has 6 nitrogen and oxygen atoms in total. The van der Waals surface area contributed by atoms with Crippen molar-refractivity contribution in [1.82, 2.24) is 9.97 Å². The number of fused-ring (bicyclic) bond motifs is 1. The summed E-state index contributed by atoms with van der Waals surface area (Å²) in [4.78, 5) is 27.5. The molecule has 0 saturated carbocycles. The van der Waals surface area contributed by atoms with Crippen LogP contribution in [0.3, 0.4) is 0 Å². The first-order chi connectivity index (χ1) is 9.95. The van der Waals surface area contributed by atoms with E-state index >= 15 is 0 Å². The van der Waals surface area contributed by atoms with Gasteiger partial charge < -0.3 is 10.2 Å². The van der Waals surface area contributed by atoms with Crippen LogP contribution >= 0.6 is 15.9 Å². The molecular formula is C14H12BrN3O3. The van der Waals surface area contributed by atoms with Crippen LogP contribution in [0.25, 0.3) is 11.2 Å². The Kier molecular flexibility index (Phi) is 4.54. The van der Waals surface area contributed by atoms with Crippen molar-refractivity contribution in [3.05, 3.63) is 62.7 Å². The second-order valence-electron chi connectivity index (χ2n) is 4.25. The highest BCUT2D eigenvalue weighted by atomic mass is 79.9. The molecule has 2 heterocycles. The number of amides is 1. The molecule has 1 aromatic carbocycles. The summed E-state index contributed by atoms with van der Waals surface area (Å²) in [6, 6.07) is 8.89. The molecule has 0 radical (unpaired) electrons. The van der Waals surface area contributed by atoms with Crippen molar-refractivity contribution in [3.8, 4) is 0 Å². The number of aromatic nitrogens is 2. The number of nitrogens with two attached hydrogens (primary N) is 1. The fraction of sp³-hybridized carbons (Fsp3) is 0.0714. The van der Waals surface area contributed by atoms with E-state index in [4.69, 9.17) is 10.2 Å². The molecule has 0 aliphatic carbocycles. The quantitative estimate of drug-likeness (QED) is 0.703. The molecule has 21 heavy (non-hydrogen) atoms. The van der Waals surface area contributed by atoms with Crippen LogP contribution in [-0.4, -0.2) is 15.9 Å². The third-order valence-electron chi connectivity index (χ3n) is 2.55. The molecule has 0 bridgehead atoms. The Morgan fingerprint density at radius 3 is 2.76 bits per heavy atom. The summed E-state index contributed by atoms with van der Waals surface area (Å²) >= 11 is 3.20. The number of carbonyl (C=O) groups is 1. The van der Waals surface area contributed by atoms with Crippen molar-refractivity contribution in [2.45, 2.75) is 6.92 Å². The number of aryl methyl sites for hydroxylation is 1. The highest BCUT2D eigenvalue weighted by Crippen LogP contribution is 2.13. The minimum absolute atomic E-state index is 0.372. The number of oxazole rings is 1. The van der Waals surface area contributed by atoms with Crippen LogP contribution in [0.5, 0.6) is 0 Å². The summed E-state index contributed by atoms with van der Waals surface area (Å²) in [6.45, 7) is 1.92. The van der Waals surface area contributed by atoms with Gasteiger partial charge in [-0.05, 0) is 35.0 Å². The SMILES string of the molecule is Cc1cccc(C(N)=O)c1.O=c1[nH]c2ncc(Br)cc2o1. The van der Waals surface area contributed by atoms with E-state index in [2.05, 4.69) is 25.9 Å². The molecular weight excluding hydrogens is 338 g/mol. The highest BCUT2D eigenvalue weighted by Gasteiger charge is 2.00. The third-order valence-corrected chi connectivity index (χ3v) is 2.98. The first-order valence-corrected chi connectivity index (χ1v) is 6.76. The van der Waals surface area contributed by atoms with Crippen LogP contribution in [0.15, 0.2) is 50.2 Å². The lowest BCUT2D eigenvalue weighted by Gasteiger charge is -1.94. The van der Waals surface area contributed by atoms with Crippen LogP contribution in [0.1, 0.15) is 15.9 Å². The predicted molar refractivity (Wildman–Crippen MR) is 82.0 cm³/mol. The van der Waals surface area contributed by atoms with Crippen molar-refractivity contribution >= 4 is 33.1 Å². The Bertz CT molecular complexity index is 839. The number of H-pyrrole nitrogens is 1. The van der Waals surface area contributed by atoms with E-state index in [-0.39, 0.29) is 5.91 Å². The Balaban J connectivity index is 0.000000155. The number of benzene rings is 1. The zero-order chi connectivity index (χ0) is 15.4. The van der Waals surface area contributed by atoms with Crippen LogP contribution < -0.4 is 11.5 Å². The molecule has 0 spiro atoms. The number of pyridine rings is 1. The van der Waals surface area contributed by atoms with E-state index < -0.39 is 5.76 Å². The third kappa shape index (κ3) is 4.03. The van der Waals surface area contributed by atoms with Gasteiger partial charge in [0.2, 0.25) is 5.91 Å². The number of aromatic amines is 1. The summed E-state index contributed by atoms with van der Waals surface area (Å²) in [5.41, 5.74) is 7.60. The molecule has 0 aliphatic rings.